The second-order valence-corrected chi connectivity index (χ2v) is 10.6. The van der Waals surface area contributed by atoms with Crippen LogP contribution in [-0.4, -0.2) is 77.1 Å². The highest BCUT2D eigenvalue weighted by Gasteiger charge is 2.30. The summed E-state index contributed by atoms with van der Waals surface area (Å²) in [6.07, 6.45) is 0. The molecule has 7 nitrogen and oxygen atoms in total. The first-order valence-electron chi connectivity index (χ1n) is 14.1. The van der Waals surface area contributed by atoms with Crippen LogP contribution in [0.15, 0.2) is 66.7 Å². The first-order valence-corrected chi connectivity index (χ1v) is 14.1. The molecule has 0 spiro atoms. The van der Waals surface area contributed by atoms with E-state index < -0.39 is 0 Å². The summed E-state index contributed by atoms with van der Waals surface area (Å²) in [6.45, 7) is 13.1. The van der Waals surface area contributed by atoms with Gasteiger partial charge in [-0.2, -0.15) is 0 Å². The Labute approximate surface area is 238 Å². The summed E-state index contributed by atoms with van der Waals surface area (Å²) in [7, 11) is 1.39. The Bertz CT molecular complexity index is 1300. The highest BCUT2D eigenvalue weighted by molar-refractivity contribution is 5.95. The molecule has 0 saturated carbocycles. The number of methoxy groups -OCH3 is 1. The molecular weight excluding hydrogens is 502 g/mol. The molecule has 1 aliphatic heterocycles. The van der Waals surface area contributed by atoms with Crippen molar-refractivity contribution in [3.63, 3.8) is 0 Å². The minimum atomic E-state index is -0.322. The molecule has 1 saturated heterocycles. The summed E-state index contributed by atoms with van der Waals surface area (Å²) in [6, 6.07) is 21.6. The lowest BCUT2D eigenvalue weighted by Crippen LogP contribution is -2.55. The van der Waals surface area contributed by atoms with E-state index in [2.05, 4.69) is 29.7 Å². The van der Waals surface area contributed by atoms with Crippen molar-refractivity contribution in [1.82, 2.24) is 14.7 Å². The molecule has 2 atom stereocenters. The third-order valence-electron chi connectivity index (χ3n) is 7.98. The number of carbonyl (C=O) groups is 2. The number of benzene rings is 3. The number of phenols is 1. The second kappa shape index (κ2) is 13.1. The van der Waals surface area contributed by atoms with Crippen LogP contribution >= 0.6 is 0 Å². The van der Waals surface area contributed by atoms with Crippen molar-refractivity contribution in [2.45, 2.75) is 52.9 Å². The summed E-state index contributed by atoms with van der Waals surface area (Å²) in [5.74, 6) is -0.0539. The van der Waals surface area contributed by atoms with Gasteiger partial charge < -0.3 is 14.7 Å². The molecule has 0 aliphatic carbocycles. The summed E-state index contributed by atoms with van der Waals surface area (Å²) in [5.41, 5.74) is 5.16. The first-order chi connectivity index (χ1) is 19.2. The number of hydrogen-bond donors (Lipinski definition) is 1. The van der Waals surface area contributed by atoms with Gasteiger partial charge in [-0.25, -0.2) is 4.79 Å². The predicted octanol–water partition coefficient (Wildman–Crippen LogP) is 5.42. The van der Waals surface area contributed by atoms with Gasteiger partial charge in [0.05, 0.1) is 12.7 Å². The number of aromatic hydroxyl groups is 1. The third-order valence-corrected chi connectivity index (χ3v) is 7.98. The molecule has 4 rings (SSSR count). The highest BCUT2D eigenvalue weighted by atomic mass is 16.5. The van der Waals surface area contributed by atoms with Crippen LogP contribution in [0.1, 0.15) is 59.5 Å². The second-order valence-electron chi connectivity index (χ2n) is 10.6. The molecule has 3 aromatic carbocycles. The SMILES string of the molecule is CCN(CC)C(=O)c1ccc(-c2c(O)cccc2CN2CC(C)N(Cc3ccc(C(=O)OC)cc3)CC2C)cc1. The maximum absolute atomic E-state index is 12.8. The van der Waals surface area contributed by atoms with E-state index in [0.29, 0.717) is 36.3 Å². The lowest BCUT2D eigenvalue weighted by Gasteiger charge is -2.44. The molecular formula is C33H41N3O4. The van der Waals surface area contributed by atoms with Crippen LogP contribution < -0.4 is 0 Å². The summed E-state index contributed by atoms with van der Waals surface area (Å²) < 4.78 is 4.81. The van der Waals surface area contributed by atoms with Crippen molar-refractivity contribution in [3.8, 4) is 16.9 Å². The quantitative estimate of drug-likeness (QED) is 0.363. The Kier molecular flexibility index (Phi) is 9.61. The van der Waals surface area contributed by atoms with E-state index in [1.165, 1.54) is 12.7 Å². The number of esters is 1. The minimum Gasteiger partial charge on any atom is -0.507 e. The van der Waals surface area contributed by atoms with Crippen molar-refractivity contribution >= 4 is 11.9 Å². The van der Waals surface area contributed by atoms with E-state index >= 15 is 0 Å². The number of nitrogens with zero attached hydrogens (tertiary/aromatic N) is 3. The van der Waals surface area contributed by atoms with Crippen LogP contribution in [0, 0.1) is 0 Å². The molecule has 1 fully saturated rings. The molecule has 0 aromatic heterocycles. The van der Waals surface area contributed by atoms with Gasteiger partial charge >= 0.3 is 5.97 Å². The van der Waals surface area contributed by atoms with Crippen molar-refractivity contribution in [3.05, 3.63) is 89.0 Å². The topological polar surface area (TPSA) is 73.3 Å². The third kappa shape index (κ3) is 6.54. The Morgan fingerprint density at radius 2 is 1.43 bits per heavy atom. The lowest BCUT2D eigenvalue weighted by atomic mass is 9.96. The van der Waals surface area contributed by atoms with Crippen molar-refractivity contribution < 1.29 is 19.4 Å². The first kappa shape index (κ1) is 29.3. The van der Waals surface area contributed by atoms with Crippen LogP contribution in [0.25, 0.3) is 11.1 Å². The van der Waals surface area contributed by atoms with Gasteiger partial charge in [0, 0.05) is 62.5 Å². The summed E-state index contributed by atoms with van der Waals surface area (Å²) in [5, 5.41) is 10.9. The number of hydrogen-bond acceptors (Lipinski definition) is 6. The zero-order valence-corrected chi connectivity index (χ0v) is 24.3. The van der Waals surface area contributed by atoms with Gasteiger partial charge in [0.2, 0.25) is 0 Å². The van der Waals surface area contributed by atoms with Crippen molar-refractivity contribution in [2.24, 2.45) is 0 Å². The lowest BCUT2D eigenvalue weighted by molar-refractivity contribution is 0.0328. The fraction of sp³-hybridized carbons (Fsp3) is 0.394. The molecule has 3 aromatic rings. The fourth-order valence-electron chi connectivity index (χ4n) is 5.55. The van der Waals surface area contributed by atoms with Gasteiger partial charge in [-0.05, 0) is 74.7 Å². The molecule has 1 amide bonds. The predicted molar refractivity (Wildman–Crippen MR) is 158 cm³/mol. The Balaban J connectivity index is 1.47. The fourth-order valence-corrected chi connectivity index (χ4v) is 5.55. The van der Waals surface area contributed by atoms with E-state index in [1.807, 2.05) is 68.4 Å². The monoisotopic (exact) mass is 543 g/mol. The Morgan fingerprint density at radius 3 is 2.00 bits per heavy atom. The van der Waals surface area contributed by atoms with E-state index in [0.717, 1.165) is 42.9 Å². The molecule has 1 heterocycles. The van der Waals surface area contributed by atoms with E-state index in [1.54, 1.807) is 11.0 Å². The zero-order chi connectivity index (χ0) is 28.8. The smallest absolute Gasteiger partial charge is 0.337 e. The summed E-state index contributed by atoms with van der Waals surface area (Å²) >= 11 is 0. The van der Waals surface area contributed by atoms with Gasteiger partial charge in [-0.3, -0.25) is 14.6 Å². The number of ether oxygens (including phenoxy) is 1. The number of piperazine rings is 1. The van der Waals surface area contributed by atoms with E-state index in [9.17, 15) is 14.7 Å². The van der Waals surface area contributed by atoms with Crippen molar-refractivity contribution in [2.75, 3.05) is 33.3 Å². The molecule has 7 heteroatoms. The maximum Gasteiger partial charge on any atom is 0.337 e. The minimum absolute atomic E-state index is 0.0224. The van der Waals surface area contributed by atoms with Crippen LogP contribution in [0.5, 0.6) is 5.75 Å². The maximum atomic E-state index is 12.8. The van der Waals surface area contributed by atoms with Gasteiger partial charge in [-0.15, -0.1) is 0 Å². The number of amides is 1. The van der Waals surface area contributed by atoms with Gasteiger partial charge in [0.25, 0.3) is 5.91 Å². The van der Waals surface area contributed by atoms with Gasteiger partial charge in [-0.1, -0.05) is 36.4 Å². The normalized spacial score (nSPS) is 17.9. The summed E-state index contributed by atoms with van der Waals surface area (Å²) in [4.78, 5) is 31.3. The number of phenolic OH excluding ortho intramolecular Hbond substituents is 1. The standard InChI is InChI=1S/C33H41N3O4/c1-6-34(7-2)32(38)27-17-15-26(16-18-27)31-29(9-8-10-30(31)37)22-36-20-23(3)35(19-24(36)4)21-25-11-13-28(14-12-25)33(39)40-5/h8-18,23-24,37H,6-7,19-22H2,1-5H3. The Morgan fingerprint density at radius 1 is 0.850 bits per heavy atom. The molecule has 2 unspecified atom stereocenters. The van der Waals surface area contributed by atoms with E-state index in [4.69, 9.17) is 4.74 Å². The highest BCUT2D eigenvalue weighted by Crippen LogP contribution is 2.34. The van der Waals surface area contributed by atoms with Crippen LogP contribution in [0.4, 0.5) is 0 Å². The molecule has 1 aliphatic rings. The number of rotatable bonds is 9. The van der Waals surface area contributed by atoms with Gasteiger partial charge in [0.15, 0.2) is 0 Å². The molecule has 0 radical (unpaired) electrons. The van der Waals surface area contributed by atoms with Crippen LogP contribution in [0.2, 0.25) is 0 Å². The Hall–Kier alpha value is -3.68. The van der Waals surface area contributed by atoms with Crippen LogP contribution in [0.3, 0.4) is 0 Å². The molecule has 212 valence electrons. The van der Waals surface area contributed by atoms with Gasteiger partial charge in [0.1, 0.15) is 5.75 Å². The average molecular weight is 544 g/mol. The van der Waals surface area contributed by atoms with E-state index in [-0.39, 0.29) is 17.6 Å². The van der Waals surface area contributed by atoms with Crippen LogP contribution in [-0.2, 0) is 17.8 Å². The average Bonchev–Trinajstić information content (AvgIpc) is 2.96. The largest absolute Gasteiger partial charge is 0.507 e. The van der Waals surface area contributed by atoms with Crippen molar-refractivity contribution in [1.29, 1.82) is 0 Å². The molecule has 1 N–H and O–H groups in total. The molecule has 40 heavy (non-hydrogen) atoms. The molecule has 0 bridgehead atoms. The number of carbonyl (C=O) groups excluding carboxylic acids is 2. The zero-order valence-electron chi connectivity index (χ0n) is 24.3.